The number of Topliss-reactive ketones (excluding diaryl/α,β-unsaturated/α-hetero) is 1. The molecule has 0 heterocycles. The van der Waals surface area contributed by atoms with Gasteiger partial charge in [-0.15, -0.1) is 0 Å². The number of hydrogen-bond acceptors (Lipinski definition) is 9. The molecule has 0 aromatic rings. The zero-order valence-electron chi connectivity index (χ0n) is 30.4. The zero-order chi connectivity index (χ0) is 35.2. The second-order valence-corrected chi connectivity index (χ2v) is 16.0. The molecule has 0 bridgehead atoms. The van der Waals surface area contributed by atoms with E-state index in [2.05, 4.69) is 32.7 Å². The zero-order valence-corrected chi connectivity index (χ0v) is 30.4. The third kappa shape index (κ3) is 11.9. The molecule has 9 N–H and O–H groups in total. The number of nitrogens with zero attached hydrogens (tertiary/aromatic N) is 1. The Morgan fingerprint density at radius 3 is 1.73 bits per heavy atom. The van der Waals surface area contributed by atoms with Gasteiger partial charge in [-0.1, -0.05) is 27.7 Å². The maximum atomic E-state index is 14.5. The summed E-state index contributed by atoms with van der Waals surface area (Å²) in [5.74, 6) is 1.40. The monoisotopic (exact) mass is 683 g/mol. The van der Waals surface area contributed by atoms with Crippen LogP contribution in [0.25, 0.3) is 0 Å². The number of aliphatic imine (C=N–C) groups is 1. The van der Waals surface area contributed by atoms with Crippen LogP contribution in [0.5, 0.6) is 0 Å². The van der Waals surface area contributed by atoms with Gasteiger partial charge in [0.25, 0.3) is 0 Å². The highest BCUT2D eigenvalue weighted by atomic mass is 16.5. The number of carbonyl (C=O) groups excluding carboxylic acids is 1. The number of aliphatic hydroxyl groups excluding tert-OH is 3. The van der Waals surface area contributed by atoms with Crippen molar-refractivity contribution in [2.45, 2.75) is 85.1 Å². The predicted molar refractivity (Wildman–Crippen MR) is 189 cm³/mol. The van der Waals surface area contributed by atoms with Gasteiger partial charge in [-0.2, -0.15) is 0 Å². The van der Waals surface area contributed by atoms with Gasteiger partial charge in [0.1, 0.15) is 5.78 Å². The Labute approximate surface area is 290 Å². The first-order valence-corrected chi connectivity index (χ1v) is 18.9. The quantitative estimate of drug-likeness (QED) is 0.0530. The second kappa shape index (κ2) is 21.1. The average molecular weight is 683 g/mol. The summed E-state index contributed by atoms with van der Waals surface area (Å²) in [4.78, 5) is 18.5. The molecule has 11 nitrogen and oxygen atoms in total. The normalized spacial score (nSPS) is 32.9. The van der Waals surface area contributed by atoms with Crippen molar-refractivity contribution in [3.63, 3.8) is 0 Å². The average Bonchev–Trinajstić information content (AvgIpc) is 3.70. The molecule has 3 rings (SSSR count). The second-order valence-electron chi connectivity index (χ2n) is 16.0. The van der Waals surface area contributed by atoms with E-state index in [0.29, 0.717) is 58.0 Å². The number of carbonyl (C=O) groups is 1. The lowest BCUT2D eigenvalue weighted by molar-refractivity contribution is -0.130. The van der Waals surface area contributed by atoms with E-state index < -0.39 is 0 Å². The van der Waals surface area contributed by atoms with Crippen LogP contribution in [0.15, 0.2) is 4.99 Å². The molecular formula is C37H70N4O7. The maximum Gasteiger partial charge on any atom is 0.185 e. The molecule has 0 amide bonds. The van der Waals surface area contributed by atoms with Gasteiger partial charge >= 0.3 is 0 Å². The summed E-state index contributed by atoms with van der Waals surface area (Å²) in [5, 5.41) is 31.4. The smallest absolute Gasteiger partial charge is 0.185 e. The third-order valence-corrected chi connectivity index (χ3v) is 11.6. The van der Waals surface area contributed by atoms with Crippen LogP contribution >= 0.6 is 0 Å². The standard InChI is InChI=1S/C37H70N4O7/c1-23(2)9-12-46-21-32-25(16-42)14-26(17-43)34(32)30-7-8-31(36(30)45)35-27(18-44)15-28(33(35)22-47-13-10-24(3)4)19-48-20-29(38)6-5-11-41-37(39)40/h23-35,42-44H,5-22,38H2,1-4H3,(H4,39,40,41)/t25-,26+,27-,28+,29+,30?,31?,32+,33-,34?,35?/m1/s1. The van der Waals surface area contributed by atoms with Gasteiger partial charge in [-0.25, -0.2) is 0 Å². The topological polar surface area (TPSA) is 196 Å². The van der Waals surface area contributed by atoms with Crippen molar-refractivity contribution in [3.05, 3.63) is 0 Å². The van der Waals surface area contributed by atoms with Gasteiger partial charge in [0.2, 0.25) is 0 Å². The van der Waals surface area contributed by atoms with E-state index in [9.17, 15) is 20.1 Å². The van der Waals surface area contributed by atoms with Crippen molar-refractivity contribution >= 4 is 11.7 Å². The summed E-state index contributed by atoms with van der Waals surface area (Å²) in [7, 11) is 0. The van der Waals surface area contributed by atoms with Gasteiger partial charge in [0, 0.05) is 64.1 Å². The fourth-order valence-corrected chi connectivity index (χ4v) is 9.09. The first-order chi connectivity index (χ1) is 23.0. The highest BCUT2D eigenvalue weighted by molar-refractivity contribution is 5.86. The van der Waals surface area contributed by atoms with Crippen LogP contribution in [-0.4, -0.2) is 99.1 Å². The summed E-state index contributed by atoms with van der Waals surface area (Å²) in [5.41, 5.74) is 17.2. The van der Waals surface area contributed by atoms with Crippen molar-refractivity contribution in [2.75, 3.05) is 66.0 Å². The molecule has 0 aromatic heterocycles. The highest BCUT2D eigenvalue weighted by Gasteiger charge is 2.55. The van der Waals surface area contributed by atoms with Crippen molar-refractivity contribution in [3.8, 4) is 0 Å². The van der Waals surface area contributed by atoms with Crippen molar-refractivity contribution in [1.29, 1.82) is 0 Å². The number of guanidine groups is 1. The van der Waals surface area contributed by atoms with Crippen molar-refractivity contribution in [1.82, 2.24) is 0 Å². The van der Waals surface area contributed by atoms with E-state index in [1.807, 2.05) is 0 Å². The molecule has 280 valence electrons. The molecule has 3 saturated carbocycles. The highest BCUT2D eigenvalue weighted by Crippen LogP contribution is 2.55. The molecule has 0 aliphatic heterocycles. The minimum atomic E-state index is -0.170. The van der Waals surface area contributed by atoms with Crippen LogP contribution in [0, 0.1) is 71.0 Å². The largest absolute Gasteiger partial charge is 0.396 e. The van der Waals surface area contributed by atoms with Crippen molar-refractivity contribution < 1.29 is 34.3 Å². The first kappa shape index (κ1) is 41.1. The molecule has 48 heavy (non-hydrogen) atoms. The number of nitrogens with two attached hydrogens (primary N) is 3. The molecule has 0 spiro atoms. The van der Waals surface area contributed by atoms with E-state index in [4.69, 9.17) is 31.4 Å². The molecule has 0 radical (unpaired) electrons. The third-order valence-electron chi connectivity index (χ3n) is 11.6. The minimum Gasteiger partial charge on any atom is -0.396 e. The van der Waals surface area contributed by atoms with Crippen LogP contribution < -0.4 is 17.2 Å². The fourth-order valence-electron chi connectivity index (χ4n) is 9.09. The van der Waals surface area contributed by atoms with Gasteiger partial charge in [-0.3, -0.25) is 9.79 Å². The van der Waals surface area contributed by atoms with Gasteiger partial charge < -0.3 is 46.7 Å². The molecule has 3 fully saturated rings. The molecule has 11 atom stereocenters. The lowest BCUT2D eigenvalue weighted by Crippen LogP contribution is -2.38. The van der Waals surface area contributed by atoms with Gasteiger partial charge in [0.15, 0.2) is 5.96 Å². The Balaban J connectivity index is 1.72. The summed E-state index contributed by atoms with van der Waals surface area (Å²) in [6.07, 6.45) is 6.52. The predicted octanol–water partition coefficient (Wildman–Crippen LogP) is 2.82. The molecule has 3 aliphatic rings. The number of hydrogen-bond donors (Lipinski definition) is 6. The van der Waals surface area contributed by atoms with Crippen LogP contribution in [-0.2, 0) is 19.0 Å². The summed E-state index contributed by atoms with van der Waals surface area (Å²) in [6, 6.07) is -0.126. The van der Waals surface area contributed by atoms with Gasteiger partial charge in [0.05, 0.1) is 19.8 Å². The van der Waals surface area contributed by atoms with Gasteiger partial charge in [-0.05, 0) is 111 Å². The molecule has 11 heteroatoms. The van der Waals surface area contributed by atoms with Crippen molar-refractivity contribution in [2.24, 2.45) is 93.2 Å². The Morgan fingerprint density at radius 1 is 0.750 bits per heavy atom. The number of ether oxygens (including phenoxy) is 3. The fraction of sp³-hybridized carbons (Fsp3) is 0.946. The summed E-state index contributed by atoms with van der Waals surface area (Å²) < 4.78 is 18.6. The minimum absolute atomic E-state index is 0.00386. The summed E-state index contributed by atoms with van der Waals surface area (Å²) in [6.45, 7) is 12.7. The Morgan fingerprint density at radius 2 is 1.25 bits per heavy atom. The van der Waals surface area contributed by atoms with E-state index in [-0.39, 0.29) is 96.8 Å². The van der Waals surface area contributed by atoms with E-state index >= 15 is 0 Å². The molecule has 3 aliphatic carbocycles. The van der Waals surface area contributed by atoms with Crippen LogP contribution in [0.1, 0.15) is 79.1 Å². The molecule has 4 unspecified atom stereocenters. The Hall–Kier alpha value is -1.34. The Kier molecular flexibility index (Phi) is 18.1. The molecular weight excluding hydrogens is 612 g/mol. The Bertz CT molecular complexity index is 949. The maximum absolute atomic E-state index is 14.5. The molecule has 0 aromatic carbocycles. The number of rotatable bonds is 23. The lowest BCUT2D eigenvalue weighted by Gasteiger charge is -2.33. The number of aliphatic hydroxyl groups is 3. The van der Waals surface area contributed by atoms with E-state index in [1.165, 1.54) is 0 Å². The first-order valence-electron chi connectivity index (χ1n) is 18.9. The van der Waals surface area contributed by atoms with Crippen LogP contribution in [0.3, 0.4) is 0 Å². The SMILES string of the molecule is CC(C)CCOC[C@@H]1C(C2CCC(C3[C@@H](CO)C[C@@H](COC[C@@H](N)CCCN=C(N)N)[C@H]3COCCC(C)C)C2=O)[C@H](CO)C[C@@H]1CO. The van der Waals surface area contributed by atoms with E-state index in [1.54, 1.807) is 0 Å². The molecule has 0 saturated heterocycles. The van der Waals surface area contributed by atoms with Crippen LogP contribution in [0.4, 0.5) is 0 Å². The van der Waals surface area contributed by atoms with E-state index in [0.717, 1.165) is 51.4 Å². The van der Waals surface area contributed by atoms with Crippen LogP contribution in [0.2, 0.25) is 0 Å². The number of ketones is 1. The summed E-state index contributed by atoms with van der Waals surface area (Å²) >= 11 is 0. The lowest BCUT2D eigenvalue weighted by atomic mass is 9.73.